The zero-order chi connectivity index (χ0) is 29.3. The molecule has 1 aliphatic heterocycles. The molecule has 0 radical (unpaired) electrons. The third kappa shape index (κ3) is 5.76. The Labute approximate surface area is 243 Å². The lowest BCUT2D eigenvalue weighted by molar-refractivity contribution is 0.0664. The number of hydrogen-bond acceptors (Lipinski definition) is 6. The van der Waals surface area contributed by atoms with Crippen LogP contribution in [0.2, 0.25) is 0 Å². The molecular formula is C29H33ClN6O4S. The van der Waals surface area contributed by atoms with Crippen LogP contribution < -0.4 is 16.2 Å². The highest BCUT2D eigenvalue weighted by molar-refractivity contribution is 7.92. The Kier molecular flexibility index (Phi) is 8.23. The molecule has 0 atom stereocenters. The number of aromatic nitrogens is 1. The normalized spacial score (nSPS) is 14.6. The SMILES string of the molecule is CN1CCN(C(=O)c2ccc3c(c2)[nH]c2c(C(N)=O)ccc(-c4cccc(NS(=O)(=O)CCCCl)c4CN)c23)CC1. The standard InChI is InChI=1S/C29H33ClN6O4S/c1-35-11-13-36(14-12-35)29(38)18-6-7-21-25(16-18)33-27-22(28(32)37)9-8-20(26(21)27)19-4-2-5-24(23(19)17-31)34-41(39,40)15-3-10-30/h2,4-9,16,33-34H,3,10-15,17,31H2,1H3,(H2,32,37). The van der Waals surface area contributed by atoms with Crippen LogP contribution >= 0.6 is 11.6 Å². The van der Waals surface area contributed by atoms with Crippen LogP contribution in [-0.4, -0.2) is 79.9 Å². The predicted molar refractivity (Wildman–Crippen MR) is 164 cm³/mol. The lowest BCUT2D eigenvalue weighted by atomic mass is 9.92. The van der Waals surface area contributed by atoms with Crippen LogP contribution in [0, 0.1) is 0 Å². The summed E-state index contributed by atoms with van der Waals surface area (Å²) in [5.41, 5.74) is 16.4. The molecule has 4 aromatic rings. The van der Waals surface area contributed by atoms with Crippen molar-refractivity contribution in [3.63, 3.8) is 0 Å². The predicted octanol–water partition coefficient (Wildman–Crippen LogP) is 3.30. The summed E-state index contributed by atoms with van der Waals surface area (Å²) < 4.78 is 28.0. The van der Waals surface area contributed by atoms with Crippen molar-refractivity contribution < 1.29 is 18.0 Å². The van der Waals surface area contributed by atoms with Gasteiger partial charge in [0.2, 0.25) is 10.0 Å². The van der Waals surface area contributed by atoms with Crippen molar-refractivity contribution >= 4 is 60.9 Å². The van der Waals surface area contributed by atoms with Crippen LogP contribution in [0.1, 0.15) is 32.7 Å². The average Bonchev–Trinajstić information content (AvgIpc) is 3.34. The van der Waals surface area contributed by atoms with Gasteiger partial charge >= 0.3 is 0 Å². The largest absolute Gasteiger partial charge is 0.366 e. The molecule has 10 nitrogen and oxygen atoms in total. The number of primary amides is 1. The fourth-order valence-corrected chi connectivity index (χ4v) is 6.83. The third-order valence-electron chi connectivity index (χ3n) is 7.54. The topological polar surface area (TPSA) is 155 Å². The number of rotatable bonds is 9. The first-order valence-corrected chi connectivity index (χ1v) is 15.6. The van der Waals surface area contributed by atoms with Gasteiger partial charge in [0.1, 0.15) is 0 Å². The van der Waals surface area contributed by atoms with Gasteiger partial charge in [-0.3, -0.25) is 14.3 Å². The lowest BCUT2D eigenvalue weighted by Crippen LogP contribution is -2.47. The summed E-state index contributed by atoms with van der Waals surface area (Å²) in [6, 6.07) is 14.2. The number of nitrogens with two attached hydrogens (primary N) is 2. The number of nitrogens with one attached hydrogen (secondary N) is 2. The molecule has 1 aromatic heterocycles. The van der Waals surface area contributed by atoms with Gasteiger partial charge in [-0.1, -0.05) is 24.3 Å². The maximum atomic E-state index is 13.3. The second kappa shape index (κ2) is 11.7. The maximum Gasteiger partial charge on any atom is 0.254 e. The Hall–Kier alpha value is -3.64. The van der Waals surface area contributed by atoms with E-state index >= 15 is 0 Å². The van der Waals surface area contributed by atoms with E-state index in [0.717, 1.165) is 29.4 Å². The number of carbonyl (C=O) groups excluding carboxylic acids is 2. The molecule has 3 aromatic carbocycles. The summed E-state index contributed by atoms with van der Waals surface area (Å²) in [5.74, 6) is -0.520. The second-order valence-corrected chi connectivity index (χ2v) is 12.5. The zero-order valence-corrected chi connectivity index (χ0v) is 24.3. The summed E-state index contributed by atoms with van der Waals surface area (Å²) in [4.78, 5) is 33.0. The maximum absolute atomic E-state index is 13.3. The molecule has 0 spiro atoms. The smallest absolute Gasteiger partial charge is 0.254 e. The first kappa shape index (κ1) is 28.9. The van der Waals surface area contributed by atoms with Crippen molar-refractivity contribution in [3.05, 3.63) is 65.2 Å². The van der Waals surface area contributed by atoms with Crippen LogP contribution in [0.15, 0.2) is 48.5 Å². The number of alkyl halides is 1. The summed E-state index contributed by atoms with van der Waals surface area (Å²) in [6.07, 6.45) is 0.318. The summed E-state index contributed by atoms with van der Waals surface area (Å²) >= 11 is 5.70. The average molecular weight is 597 g/mol. The number of likely N-dealkylation sites (N-methyl/N-ethyl adjacent to an activating group) is 1. The molecule has 1 saturated heterocycles. The molecule has 1 fully saturated rings. The Morgan fingerprint density at radius 1 is 1.05 bits per heavy atom. The highest BCUT2D eigenvalue weighted by Gasteiger charge is 2.23. The third-order valence-corrected chi connectivity index (χ3v) is 9.16. The Morgan fingerprint density at radius 3 is 2.49 bits per heavy atom. The molecule has 12 heteroatoms. The first-order chi connectivity index (χ1) is 19.6. The van der Waals surface area contributed by atoms with Gasteiger partial charge in [-0.25, -0.2) is 8.42 Å². The summed E-state index contributed by atoms with van der Waals surface area (Å²) in [5, 5.41) is 1.52. The molecule has 0 bridgehead atoms. The fraction of sp³-hybridized carbons (Fsp3) is 0.310. The molecule has 0 aliphatic carbocycles. The van der Waals surface area contributed by atoms with Crippen molar-refractivity contribution in [1.82, 2.24) is 14.8 Å². The van der Waals surface area contributed by atoms with Gasteiger partial charge in [0, 0.05) is 60.5 Å². The van der Waals surface area contributed by atoms with E-state index in [0.29, 0.717) is 58.5 Å². The minimum absolute atomic E-state index is 0.0476. The Bertz CT molecular complexity index is 1750. The van der Waals surface area contributed by atoms with E-state index in [1.54, 1.807) is 36.4 Å². The lowest BCUT2D eigenvalue weighted by Gasteiger charge is -2.32. The number of hydrogen-bond donors (Lipinski definition) is 4. The molecule has 41 heavy (non-hydrogen) atoms. The molecule has 1 aliphatic rings. The molecule has 0 unspecified atom stereocenters. The highest BCUT2D eigenvalue weighted by atomic mass is 35.5. The number of aromatic amines is 1. The van der Waals surface area contributed by atoms with E-state index < -0.39 is 15.9 Å². The molecule has 6 N–H and O–H groups in total. The van der Waals surface area contributed by atoms with Crippen molar-refractivity contribution in [2.75, 3.05) is 49.6 Å². The van der Waals surface area contributed by atoms with Crippen molar-refractivity contribution in [3.8, 4) is 11.1 Å². The number of benzene rings is 3. The number of sulfonamides is 1. The number of H-pyrrole nitrogens is 1. The van der Waals surface area contributed by atoms with Gasteiger partial charge in [-0.15, -0.1) is 11.6 Å². The van der Waals surface area contributed by atoms with Gasteiger partial charge in [0.05, 0.1) is 22.5 Å². The minimum atomic E-state index is -3.63. The zero-order valence-electron chi connectivity index (χ0n) is 22.7. The van der Waals surface area contributed by atoms with Crippen LogP contribution in [-0.2, 0) is 16.6 Å². The molecule has 2 amide bonds. The second-order valence-electron chi connectivity index (χ2n) is 10.3. The number of anilines is 1. The highest BCUT2D eigenvalue weighted by Crippen LogP contribution is 2.39. The van der Waals surface area contributed by atoms with Crippen LogP contribution in [0.4, 0.5) is 5.69 Å². The van der Waals surface area contributed by atoms with Gasteiger partial charge in [0.15, 0.2) is 0 Å². The number of carbonyl (C=O) groups is 2. The van der Waals surface area contributed by atoms with E-state index in [2.05, 4.69) is 14.6 Å². The Morgan fingerprint density at radius 2 is 1.80 bits per heavy atom. The number of piperazine rings is 1. The van der Waals surface area contributed by atoms with Crippen LogP contribution in [0.5, 0.6) is 0 Å². The van der Waals surface area contributed by atoms with Gasteiger partial charge in [-0.2, -0.15) is 0 Å². The number of halogens is 1. The molecule has 216 valence electrons. The molecule has 5 rings (SSSR count). The first-order valence-electron chi connectivity index (χ1n) is 13.4. The summed E-state index contributed by atoms with van der Waals surface area (Å²) in [6.45, 7) is 3.01. The fourth-order valence-electron chi connectivity index (χ4n) is 5.39. The minimum Gasteiger partial charge on any atom is -0.366 e. The van der Waals surface area contributed by atoms with Crippen LogP contribution in [0.25, 0.3) is 32.9 Å². The van der Waals surface area contributed by atoms with Crippen molar-refractivity contribution in [2.45, 2.75) is 13.0 Å². The molecule has 0 saturated carbocycles. The van der Waals surface area contributed by atoms with Gasteiger partial charge in [-0.05, 0) is 54.4 Å². The quantitative estimate of drug-likeness (QED) is 0.217. The molecule has 2 heterocycles. The van der Waals surface area contributed by atoms with Gasteiger partial charge in [0.25, 0.3) is 11.8 Å². The van der Waals surface area contributed by atoms with Crippen molar-refractivity contribution in [2.24, 2.45) is 11.5 Å². The Balaban J connectivity index is 1.64. The monoisotopic (exact) mass is 596 g/mol. The number of fused-ring (bicyclic) bond motifs is 3. The summed E-state index contributed by atoms with van der Waals surface area (Å²) in [7, 11) is -1.60. The number of nitrogens with zero attached hydrogens (tertiary/aromatic N) is 2. The number of amides is 2. The van der Waals surface area contributed by atoms with E-state index in [1.807, 2.05) is 24.1 Å². The van der Waals surface area contributed by atoms with E-state index in [4.69, 9.17) is 23.1 Å². The van der Waals surface area contributed by atoms with E-state index in [9.17, 15) is 18.0 Å². The van der Waals surface area contributed by atoms with Crippen molar-refractivity contribution in [1.29, 1.82) is 0 Å². The molecular weight excluding hydrogens is 564 g/mol. The van der Waals surface area contributed by atoms with Gasteiger partial charge < -0.3 is 26.3 Å². The van der Waals surface area contributed by atoms with E-state index in [-0.39, 0.29) is 24.1 Å². The van der Waals surface area contributed by atoms with E-state index in [1.165, 1.54) is 0 Å². The van der Waals surface area contributed by atoms with Crippen LogP contribution in [0.3, 0.4) is 0 Å².